The molecule has 1 aromatic rings. The van der Waals surface area contributed by atoms with Crippen molar-refractivity contribution >= 4 is 15.7 Å². The summed E-state index contributed by atoms with van der Waals surface area (Å²) in [6, 6.07) is 7.37. The van der Waals surface area contributed by atoms with Crippen molar-refractivity contribution in [2.24, 2.45) is 11.3 Å². The first-order valence-corrected chi connectivity index (χ1v) is 10.1. The highest BCUT2D eigenvalue weighted by atomic mass is 32.2. The van der Waals surface area contributed by atoms with Crippen molar-refractivity contribution in [3.8, 4) is 0 Å². The average molecular weight is 337 g/mol. The van der Waals surface area contributed by atoms with Crippen molar-refractivity contribution in [3.05, 3.63) is 35.4 Å². The van der Waals surface area contributed by atoms with Crippen molar-refractivity contribution in [3.63, 3.8) is 0 Å². The molecule has 2 aliphatic rings. The van der Waals surface area contributed by atoms with Crippen molar-refractivity contribution < 1.29 is 17.9 Å². The number of hydrogen-bond donors (Lipinski definition) is 1. The number of ether oxygens (including phenoxy) is 1. The molecule has 0 radical (unpaired) electrons. The Labute approximate surface area is 137 Å². The van der Waals surface area contributed by atoms with E-state index in [0.29, 0.717) is 6.54 Å². The van der Waals surface area contributed by atoms with Crippen molar-refractivity contribution in [2.75, 3.05) is 19.5 Å². The van der Waals surface area contributed by atoms with E-state index in [1.807, 2.05) is 18.2 Å². The summed E-state index contributed by atoms with van der Waals surface area (Å²) in [7, 11) is -3.09. The van der Waals surface area contributed by atoms with E-state index in [2.05, 4.69) is 5.32 Å². The quantitative estimate of drug-likeness (QED) is 0.887. The third kappa shape index (κ3) is 3.93. The molecule has 1 saturated heterocycles. The largest absolute Gasteiger partial charge is 0.381 e. The third-order valence-corrected chi connectivity index (χ3v) is 5.82. The van der Waals surface area contributed by atoms with E-state index in [-0.39, 0.29) is 23.0 Å². The van der Waals surface area contributed by atoms with Crippen LogP contribution < -0.4 is 5.32 Å². The number of amides is 1. The molecule has 1 atom stereocenters. The van der Waals surface area contributed by atoms with Crippen LogP contribution in [0.15, 0.2) is 24.3 Å². The maximum atomic E-state index is 12.4. The topological polar surface area (TPSA) is 72.5 Å². The van der Waals surface area contributed by atoms with E-state index in [0.717, 1.165) is 43.6 Å². The van der Waals surface area contributed by atoms with Gasteiger partial charge in [-0.25, -0.2) is 8.42 Å². The van der Waals surface area contributed by atoms with Gasteiger partial charge in [0.25, 0.3) is 0 Å². The van der Waals surface area contributed by atoms with Crippen LogP contribution in [0.3, 0.4) is 0 Å². The first kappa shape index (κ1) is 16.5. The molecular formula is C17H23NO4S. The molecule has 1 amide bonds. The molecule has 1 aliphatic carbocycles. The molecule has 1 unspecified atom stereocenters. The molecule has 2 fully saturated rings. The van der Waals surface area contributed by atoms with Crippen LogP contribution in [0.25, 0.3) is 0 Å². The fourth-order valence-electron chi connectivity index (χ4n) is 3.51. The molecule has 0 aromatic heterocycles. The fraction of sp³-hybridized carbons (Fsp3) is 0.588. The van der Waals surface area contributed by atoms with Gasteiger partial charge in [0.05, 0.1) is 5.75 Å². The smallest absolute Gasteiger partial charge is 0.223 e. The van der Waals surface area contributed by atoms with Crippen LogP contribution >= 0.6 is 0 Å². The molecule has 23 heavy (non-hydrogen) atoms. The summed E-state index contributed by atoms with van der Waals surface area (Å²) in [4.78, 5) is 12.4. The lowest BCUT2D eigenvalue weighted by molar-refractivity contribution is -0.123. The molecule has 126 valence electrons. The van der Waals surface area contributed by atoms with Crippen LogP contribution in [-0.4, -0.2) is 33.8 Å². The second-order valence-corrected chi connectivity index (χ2v) is 8.93. The fourth-order valence-corrected chi connectivity index (χ4v) is 4.35. The zero-order valence-electron chi connectivity index (χ0n) is 13.4. The maximum absolute atomic E-state index is 12.4. The minimum atomic E-state index is -3.09. The molecule has 1 aromatic carbocycles. The van der Waals surface area contributed by atoms with Crippen LogP contribution in [0, 0.1) is 11.3 Å². The van der Waals surface area contributed by atoms with E-state index >= 15 is 0 Å². The number of nitrogens with one attached hydrogen (secondary N) is 1. The second kappa shape index (κ2) is 6.24. The van der Waals surface area contributed by atoms with E-state index in [9.17, 15) is 13.2 Å². The van der Waals surface area contributed by atoms with Gasteiger partial charge in [0.1, 0.15) is 0 Å². The van der Waals surface area contributed by atoms with Gasteiger partial charge in [-0.1, -0.05) is 24.3 Å². The zero-order chi connectivity index (χ0) is 16.5. The van der Waals surface area contributed by atoms with Crippen LogP contribution in [0.5, 0.6) is 0 Å². The van der Waals surface area contributed by atoms with Crippen LogP contribution in [-0.2, 0) is 31.7 Å². The molecule has 5 nitrogen and oxygen atoms in total. The lowest BCUT2D eigenvalue weighted by atomic mass is 9.93. The van der Waals surface area contributed by atoms with Gasteiger partial charge < -0.3 is 10.1 Å². The Kier molecular flexibility index (Phi) is 4.47. The number of benzene rings is 1. The molecule has 1 aliphatic heterocycles. The summed E-state index contributed by atoms with van der Waals surface area (Å²) in [6.07, 6.45) is 4.11. The summed E-state index contributed by atoms with van der Waals surface area (Å²) in [6.45, 7) is 1.88. The Morgan fingerprint density at radius 3 is 2.57 bits per heavy atom. The number of hydrogen-bond acceptors (Lipinski definition) is 4. The van der Waals surface area contributed by atoms with Gasteiger partial charge in [0.15, 0.2) is 9.84 Å². The molecule has 1 N–H and O–H groups in total. The minimum Gasteiger partial charge on any atom is -0.381 e. The third-order valence-electron chi connectivity index (χ3n) is 4.98. The summed E-state index contributed by atoms with van der Waals surface area (Å²) >= 11 is 0. The highest BCUT2D eigenvalue weighted by Crippen LogP contribution is 2.59. The Balaban J connectivity index is 1.60. The average Bonchev–Trinajstić information content (AvgIpc) is 3.18. The van der Waals surface area contributed by atoms with Crippen LogP contribution in [0.1, 0.15) is 30.4 Å². The lowest BCUT2D eigenvalue weighted by Gasteiger charge is -2.22. The first-order chi connectivity index (χ1) is 10.9. The summed E-state index contributed by atoms with van der Waals surface area (Å²) in [5.74, 6) is 0.179. The minimum absolute atomic E-state index is 0.00372. The van der Waals surface area contributed by atoms with Gasteiger partial charge >= 0.3 is 0 Å². The van der Waals surface area contributed by atoms with E-state index in [1.165, 1.54) is 6.26 Å². The Morgan fingerprint density at radius 1 is 1.26 bits per heavy atom. The van der Waals surface area contributed by atoms with E-state index < -0.39 is 9.84 Å². The number of sulfone groups is 1. The molecule has 1 heterocycles. The molecule has 1 saturated carbocycles. The second-order valence-electron chi connectivity index (χ2n) is 6.79. The summed E-state index contributed by atoms with van der Waals surface area (Å²) in [5.41, 5.74) is 1.79. The SMILES string of the molecule is CS(=O)(=O)Cc1ccccc1CNC(=O)C1CC12CCOCC2. The maximum Gasteiger partial charge on any atom is 0.223 e. The standard InChI is InChI=1S/C17H23NO4S/c1-23(20,21)12-14-5-3-2-4-13(14)11-18-16(19)15-10-17(15)6-8-22-9-7-17/h2-5,15H,6-12H2,1H3,(H,18,19). The van der Waals surface area contributed by atoms with Crippen molar-refractivity contribution in [1.82, 2.24) is 5.32 Å². The molecule has 0 bridgehead atoms. The normalized spacial score (nSPS) is 22.7. The highest BCUT2D eigenvalue weighted by Gasteiger charge is 2.57. The van der Waals surface area contributed by atoms with Crippen molar-refractivity contribution in [2.45, 2.75) is 31.6 Å². The van der Waals surface area contributed by atoms with Crippen molar-refractivity contribution in [1.29, 1.82) is 0 Å². The zero-order valence-corrected chi connectivity index (χ0v) is 14.2. The molecular weight excluding hydrogens is 314 g/mol. The summed E-state index contributed by atoms with van der Waals surface area (Å²) in [5, 5.41) is 2.98. The van der Waals surface area contributed by atoms with E-state index in [4.69, 9.17) is 4.74 Å². The number of carbonyl (C=O) groups is 1. The summed E-state index contributed by atoms with van der Waals surface area (Å²) < 4.78 is 28.4. The van der Waals surface area contributed by atoms with Gasteiger partial charge in [0.2, 0.25) is 5.91 Å². The Hall–Kier alpha value is -1.40. The Morgan fingerprint density at radius 2 is 1.91 bits per heavy atom. The lowest BCUT2D eigenvalue weighted by Crippen LogP contribution is -2.29. The van der Waals surface area contributed by atoms with Gasteiger partial charge in [-0.15, -0.1) is 0 Å². The van der Waals surface area contributed by atoms with Gasteiger partial charge in [-0.05, 0) is 35.8 Å². The molecule has 6 heteroatoms. The van der Waals surface area contributed by atoms with Gasteiger partial charge in [-0.3, -0.25) is 4.79 Å². The monoisotopic (exact) mass is 337 g/mol. The highest BCUT2D eigenvalue weighted by molar-refractivity contribution is 7.89. The number of rotatable bonds is 5. The predicted molar refractivity (Wildman–Crippen MR) is 87.4 cm³/mol. The predicted octanol–water partition coefficient (Wildman–Crippen LogP) is 1.66. The number of carbonyl (C=O) groups excluding carboxylic acids is 1. The molecule has 3 rings (SSSR count). The van der Waals surface area contributed by atoms with Crippen LogP contribution in [0.4, 0.5) is 0 Å². The van der Waals surface area contributed by atoms with Crippen LogP contribution in [0.2, 0.25) is 0 Å². The Bertz CT molecular complexity index is 692. The molecule has 1 spiro atoms. The first-order valence-electron chi connectivity index (χ1n) is 8.00. The van der Waals surface area contributed by atoms with Gasteiger partial charge in [-0.2, -0.15) is 0 Å². The van der Waals surface area contributed by atoms with E-state index in [1.54, 1.807) is 6.07 Å². The van der Waals surface area contributed by atoms with Gasteiger partial charge in [0, 0.05) is 31.9 Å².